The van der Waals surface area contributed by atoms with Crippen LogP contribution in [-0.4, -0.2) is 36.1 Å². The zero-order valence-corrected chi connectivity index (χ0v) is 14.8. The number of rotatable bonds is 6. The predicted octanol–water partition coefficient (Wildman–Crippen LogP) is 3.07. The van der Waals surface area contributed by atoms with Gasteiger partial charge in [-0.05, 0) is 42.4 Å². The number of aliphatic hydroxyl groups excluding tert-OH is 2. The topological polar surface area (TPSA) is 58.9 Å². The number of aliphatic hydroxyl groups is 2. The molecule has 2 aliphatic carbocycles. The van der Waals surface area contributed by atoms with Gasteiger partial charge in [-0.2, -0.15) is 0 Å². The van der Waals surface area contributed by atoms with Crippen LogP contribution in [0.5, 0.6) is 5.75 Å². The minimum atomic E-state index is -0.638. The lowest BCUT2D eigenvalue weighted by Gasteiger charge is -2.52. The fraction of sp³-hybridized carbons (Fsp3) is 0.600. The fourth-order valence-corrected chi connectivity index (χ4v) is 3.88. The molecule has 0 bridgehead atoms. The molecule has 1 fully saturated rings. The summed E-state index contributed by atoms with van der Waals surface area (Å²) in [5.41, 5.74) is 1.97. The number of hydrogen-bond acceptors (Lipinski definition) is 4. The van der Waals surface area contributed by atoms with Gasteiger partial charge in [0.1, 0.15) is 5.75 Å². The average molecular weight is 332 g/mol. The first kappa shape index (κ1) is 17.5. The molecular weight excluding hydrogens is 304 g/mol. The molecule has 0 radical (unpaired) electrons. The van der Waals surface area contributed by atoms with Gasteiger partial charge in [0.15, 0.2) is 0 Å². The molecule has 0 aromatic heterocycles. The summed E-state index contributed by atoms with van der Waals surface area (Å²) in [6.45, 7) is 4.89. The lowest BCUT2D eigenvalue weighted by Crippen LogP contribution is -2.60. The van der Waals surface area contributed by atoms with Crippen LogP contribution in [0.25, 0.3) is 0 Å². The van der Waals surface area contributed by atoms with Crippen molar-refractivity contribution in [2.24, 2.45) is 10.8 Å². The van der Waals surface area contributed by atoms with Gasteiger partial charge in [-0.3, -0.25) is 0 Å². The van der Waals surface area contributed by atoms with Gasteiger partial charge in [0.2, 0.25) is 0 Å². The molecule has 2 aliphatic rings. The number of ether oxygens (including phenoxy) is 2. The van der Waals surface area contributed by atoms with Gasteiger partial charge in [-0.15, -0.1) is 0 Å². The van der Waals surface area contributed by atoms with Crippen LogP contribution in [0.3, 0.4) is 0 Å². The van der Waals surface area contributed by atoms with E-state index in [1.54, 1.807) is 7.11 Å². The highest BCUT2D eigenvalue weighted by Crippen LogP contribution is 2.54. The fourth-order valence-electron chi connectivity index (χ4n) is 3.88. The van der Waals surface area contributed by atoms with Gasteiger partial charge in [0.25, 0.3) is 0 Å². The van der Waals surface area contributed by atoms with Crippen LogP contribution in [0.2, 0.25) is 0 Å². The van der Waals surface area contributed by atoms with E-state index in [0.717, 1.165) is 24.2 Å². The van der Waals surface area contributed by atoms with Crippen LogP contribution in [0, 0.1) is 10.8 Å². The molecule has 1 saturated carbocycles. The number of hydrogen-bond donors (Lipinski definition) is 2. The molecular formula is C20H28O4. The van der Waals surface area contributed by atoms with Crippen molar-refractivity contribution in [3.8, 4) is 5.75 Å². The van der Waals surface area contributed by atoms with Crippen molar-refractivity contribution in [3.63, 3.8) is 0 Å². The molecule has 0 aliphatic heterocycles. The van der Waals surface area contributed by atoms with E-state index < -0.39 is 11.5 Å². The molecule has 0 amide bonds. The standard InChI is InChI=1S/C20H28O4/c1-19(2)9-8-15(10-19)20(13-21)11-17(18(20)22)24-12-14-4-6-16(23-3)7-5-14/h4-8,17-18,21-22H,9-13H2,1-3H3/t17-,18-,20+/m1/s1. The van der Waals surface area contributed by atoms with E-state index in [9.17, 15) is 10.2 Å². The largest absolute Gasteiger partial charge is 0.497 e. The van der Waals surface area contributed by atoms with E-state index >= 15 is 0 Å². The molecule has 1 aromatic rings. The van der Waals surface area contributed by atoms with E-state index in [1.165, 1.54) is 5.57 Å². The second-order valence-electron chi connectivity index (χ2n) is 7.94. The second kappa shape index (κ2) is 6.51. The number of allylic oxidation sites excluding steroid dienone is 1. The third-order valence-electron chi connectivity index (χ3n) is 5.60. The number of benzene rings is 1. The first-order valence-electron chi connectivity index (χ1n) is 8.63. The first-order valence-corrected chi connectivity index (χ1v) is 8.63. The van der Waals surface area contributed by atoms with E-state index in [1.807, 2.05) is 24.3 Å². The Labute approximate surface area is 144 Å². The Morgan fingerprint density at radius 2 is 1.92 bits per heavy atom. The van der Waals surface area contributed by atoms with E-state index in [-0.39, 0.29) is 18.1 Å². The van der Waals surface area contributed by atoms with Crippen molar-refractivity contribution < 1.29 is 19.7 Å². The zero-order chi connectivity index (χ0) is 17.4. The quantitative estimate of drug-likeness (QED) is 0.786. The monoisotopic (exact) mass is 332 g/mol. The maximum absolute atomic E-state index is 10.7. The normalized spacial score (nSPS) is 31.5. The van der Waals surface area contributed by atoms with Crippen LogP contribution in [0.15, 0.2) is 35.9 Å². The van der Waals surface area contributed by atoms with Gasteiger partial charge in [-0.1, -0.05) is 37.6 Å². The van der Waals surface area contributed by atoms with Crippen molar-refractivity contribution in [3.05, 3.63) is 41.5 Å². The smallest absolute Gasteiger partial charge is 0.118 e. The third-order valence-corrected chi connectivity index (χ3v) is 5.60. The summed E-state index contributed by atoms with van der Waals surface area (Å²) in [7, 11) is 1.64. The van der Waals surface area contributed by atoms with Gasteiger partial charge in [-0.25, -0.2) is 0 Å². The molecule has 4 nitrogen and oxygen atoms in total. The molecule has 3 atom stereocenters. The Balaban J connectivity index is 1.58. The Kier molecular flexibility index (Phi) is 4.73. The van der Waals surface area contributed by atoms with E-state index in [0.29, 0.717) is 13.0 Å². The molecule has 24 heavy (non-hydrogen) atoms. The molecule has 0 saturated heterocycles. The molecule has 0 spiro atoms. The van der Waals surface area contributed by atoms with Crippen molar-refractivity contribution in [2.45, 2.75) is 51.9 Å². The molecule has 1 aromatic carbocycles. The van der Waals surface area contributed by atoms with Gasteiger partial charge in [0.05, 0.1) is 32.5 Å². The van der Waals surface area contributed by atoms with Crippen LogP contribution in [-0.2, 0) is 11.3 Å². The Hall–Kier alpha value is -1.36. The molecule has 4 heteroatoms. The Morgan fingerprint density at radius 3 is 2.42 bits per heavy atom. The second-order valence-corrected chi connectivity index (χ2v) is 7.94. The van der Waals surface area contributed by atoms with Crippen LogP contribution < -0.4 is 4.74 Å². The van der Waals surface area contributed by atoms with Gasteiger partial charge in [0, 0.05) is 5.41 Å². The van der Waals surface area contributed by atoms with E-state index in [2.05, 4.69) is 19.9 Å². The van der Waals surface area contributed by atoms with Gasteiger partial charge < -0.3 is 19.7 Å². The van der Waals surface area contributed by atoms with Crippen molar-refractivity contribution in [1.82, 2.24) is 0 Å². The summed E-state index contributed by atoms with van der Waals surface area (Å²) in [5, 5.41) is 20.6. The summed E-state index contributed by atoms with van der Waals surface area (Å²) < 4.78 is 11.0. The summed E-state index contributed by atoms with van der Waals surface area (Å²) >= 11 is 0. The first-order chi connectivity index (χ1) is 11.4. The SMILES string of the molecule is COc1ccc(CO[C@@H]2C[C@](CO)(C3=CCC(C)(C)C3)[C@@H]2O)cc1. The minimum absolute atomic E-state index is 0.0154. The highest BCUT2D eigenvalue weighted by Gasteiger charge is 2.57. The van der Waals surface area contributed by atoms with Crippen molar-refractivity contribution in [1.29, 1.82) is 0 Å². The highest BCUT2D eigenvalue weighted by molar-refractivity contribution is 5.30. The molecule has 3 rings (SSSR count). The summed E-state index contributed by atoms with van der Waals surface area (Å²) in [5.74, 6) is 0.817. The summed E-state index contributed by atoms with van der Waals surface area (Å²) in [6.07, 6.45) is 3.98. The van der Waals surface area contributed by atoms with Crippen LogP contribution >= 0.6 is 0 Å². The van der Waals surface area contributed by atoms with Crippen LogP contribution in [0.1, 0.15) is 38.7 Å². The number of methoxy groups -OCH3 is 1. The Bertz CT molecular complexity index is 605. The van der Waals surface area contributed by atoms with Gasteiger partial charge >= 0.3 is 0 Å². The molecule has 132 valence electrons. The van der Waals surface area contributed by atoms with E-state index in [4.69, 9.17) is 9.47 Å². The lowest BCUT2D eigenvalue weighted by atomic mass is 9.59. The summed E-state index contributed by atoms with van der Waals surface area (Å²) in [6, 6.07) is 7.73. The summed E-state index contributed by atoms with van der Waals surface area (Å²) in [4.78, 5) is 0. The van der Waals surface area contributed by atoms with Crippen LogP contribution in [0.4, 0.5) is 0 Å². The minimum Gasteiger partial charge on any atom is -0.497 e. The Morgan fingerprint density at radius 1 is 1.21 bits per heavy atom. The lowest BCUT2D eigenvalue weighted by molar-refractivity contribution is -0.191. The molecule has 2 N–H and O–H groups in total. The molecule has 0 unspecified atom stereocenters. The maximum Gasteiger partial charge on any atom is 0.118 e. The highest BCUT2D eigenvalue weighted by atomic mass is 16.5. The third kappa shape index (κ3) is 3.10. The van der Waals surface area contributed by atoms with Crippen molar-refractivity contribution in [2.75, 3.05) is 13.7 Å². The zero-order valence-electron chi connectivity index (χ0n) is 14.8. The maximum atomic E-state index is 10.7. The molecule has 0 heterocycles. The average Bonchev–Trinajstić information content (AvgIpc) is 2.94. The van der Waals surface area contributed by atoms with Crippen molar-refractivity contribution >= 4 is 0 Å². The predicted molar refractivity (Wildman–Crippen MR) is 92.8 cm³/mol.